The van der Waals surface area contributed by atoms with Gasteiger partial charge < -0.3 is 5.32 Å². The molecular formula is C19H26N4OS. The summed E-state index contributed by atoms with van der Waals surface area (Å²) in [5.74, 6) is 1.37. The van der Waals surface area contributed by atoms with Gasteiger partial charge in [0.15, 0.2) is 5.82 Å². The van der Waals surface area contributed by atoms with Crippen LogP contribution in [0.5, 0.6) is 0 Å². The van der Waals surface area contributed by atoms with Gasteiger partial charge in [-0.3, -0.25) is 9.89 Å². The third-order valence-electron chi connectivity index (χ3n) is 4.88. The fourth-order valence-corrected chi connectivity index (χ4v) is 3.92. The van der Waals surface area contributed by atoms with Crippen molar-refractivity contribution in [1.82, 2.24) is 20.5 Å². The number of nitrogens with one attached hydrogen (secondary N) is 2. The Labute approximate surface area is 153 Å². The molecule has 0 radical (unpaired) electrons. The summed E-state index contributed by atoms with van der Waals surface area (Å²) in [5, 5.41) is 10.8. The zero-order valence-corrected chi connectivity index (χ0v) is 15.9. The number of H-pyrrole nitrogens is 1. The highest BCUT2D eigenvalue weighted by atomic mass is 32.2. The van der Waals surface area contributed by atoms with Crippen LogP contribution in [0.15, 0.2) is 29.4 Å². The highest BCUT2D eigenvalue weighted by Crippen LogP contribution is 2.26. The number of hydrogen-bond acceptors (Lipinski definition) is 4. The molecule has 1 heterocycles. The molecule has 0 aliphatic heterocycles. The van der Waals surface area contributed by atoms with Gasteiger partial charge in [0.1, 0.15) is 0 Å². The van der Waals surface area contributed by atoms with E-state index in [1.54, 1.807) is 0 Å². The fourth-order valence-electron chi connectivity index (χ4n) is 3.18. The summed E-state index contributed by atoms with van der Waals surface area (Å²) in [6.07, 6.45) is 4.77. The van der Waals surface area contributed by atoms with E-state index in [1.807, 2.05) is 31.2 Å². The molecule has 6 heteroatoms. The molecule has 3 atom stereocenters. The number of amides is 1. The Hall–Kier alpha value is -1.82. The molecule has 134 valence electrons. The zero-order valence-electron chi connectivity index (χ0n) is 15.1. The average molecular weight is 359 g/mol. The second kappa shape index (κ2) is 8.04. The van der Waals surface area contributed by atoms with Gasteiger partial charge in [-0.15, -0.1) is 5.10 Å². The van der Waals surface area contributed by atoms with E-state index in [4.69, 9.17) is 0 Å². The molecule has 1 aliphatic rings. The summed E-state index contributed by atoms with van der Waals surface area (Å²) in [4.78, 5) is 17.0. The summed E-state index contributed by atoms with van der Waals surface area (Å²) >= 11 is 1.39. The highest BCUT2D eigenvalue weighted by Gasteiger charge is 2.25. The van der Waals surface area contributed by atoms with E-state index in [9.17, 15) is 4.79 Å². The van der Waals surface area contributed by atoms with Gasteiger partial charge in [-0.1, -0.05) is 61.4 Å². The van der Waals surface area contributed by atoms with Crippen molar-refractivity contribution in [2.24, 2.45) is 5.92 Å². The Morgan fingerprint density at radius 3 is 2.72 bits per heavy atom. The second-order valence-electron chi connectivity index (χ2n) is 6.97. The van der Waals surface area contributed by atoms with Crippen molar-refractivity contribution in [3.63, 3.8) is 0 Å². The third-order valence-corrected chi connectivity index (χ3v) is 5.84. The van der Waals surface area contributed by atoms with E-state index >= 15 is 0 Å². The van der Waals surface area contributed by atoms with Crippen LogP contribution in [0.3, 0.4) is 0 Å². The van der Waals surface area contributed by atoms with E-state index < -0.39 is 0 Å². The predicted octanol–water partition coefficient (Wildman–Crippen LogP) is 3.96. The molecule has 1 saturated carbocycles. The van der Waals surface area contributed by atoms with Crippen molar-refractivity contribution in [1.29, 1.82) is 0 Å². The standard InChI is InChI=1S/C19H26N4OS/c1-12-8-10-15(11-9-12)17-21-19(23-22-17)25-14(3)18(24)20-16-7-5-4-6-13(16)2/h8-11,13-14,16H,4-7H2,1-3H3,(H,20,24)(H,21,22,23)/t13-,14+,16+/m0/s1. The van der Waals surface area contributed by atoms with Crippen LogP contribution in [-0.2, 0) is 4.79 Å². The number of benzene rings is 1. The number of nitrogens with zero attached hydrogens (tertiary/aromatic N) is 2. The summed E-state index contributed by atoms with van der Waals surface area (Å²) in [5.41, 5.74) is 2.21. The van der Waals surface area contributed by atoms with Gasteiger partial charge in [-0.05, 0) is 32.6 Å². The zero-order chi connectivity index (χ0) is 17.8. The second-order valence-corrected chi connectivity index (χ2v) is 8.28. The van der Waals surface area contributed by atoms with Crippen LogP contribution >= 0.6 is 11.8 Å². The molecule has 0 unspecified atom stereocenters. The van der Waals surface area contributed by atoms with Crippen molar-refractivity contribution in [3.05, 3.63) is 29.8 Å². The average Bonchev–Trinajstić information content (AvgIpc) is 3.06. The van der Waals surface area contributed by atoms with E-state index in [0.717, 1.165) is 17.8 Å². The van der Waals surface area contributed by atoms with E-state index in [1.165, 1.54) is 36.6 Å². The van der Waals surface area contributed by atoms with Crippen LogP contribution in [0.2, 0.25) is 0 Å². The summed E-state index contributed by atoms with van der Waals surface area (Å²) in [6.45, 7) is 6.19. The number of aromatic amines is 1. The van der Waals surface area contributed by atoms with Crippen molar-refractivity contribution in [2.75, 3.05) is 0 Å². The number of hydrogen-bond donors (Lipinski definition) is 2. The molecule has 2 aromatic rings. The number of carbonyl (C=O) groups excluding carboxylic acids is 1. The van der Waals surface area contributed by atoms with Crippen molar-refractivity contribution in [3.8, 4) is 11.4 Å². The number of aryl methyl sites for hydroxylation is 1. The molecule has 0 spiro atoms. The number of aromatic nitrogens is 3. The maximum absolute atomic E-state index is 12.5. The van der Waals surface area contributed by atoms with Crippen molar-refractivity contribution < 1.29 is 4.79 Å². The molecule has 0 saturated heterocycles. The molecule has 1 fully saturated rings. The number of thioether (sulfide) groups is 1. The van der Waals surface area contributed by atoms with E-state index in [0.29, 0.717) is 17.1 Å². The van der Waals surface area contributed by atoms with Gasteiger partial charge in [0.2, 0.25) is 11.1 Å². The Morgan fingerprint density at radius 2 is 2.00 bits per heavy atom. The maximum Gasteiger partial charge on any atom is 0.233 e. The van der Waals surface area contributed by atoms with Crippen LogP contribution in [0.1, 0.15) is 45.1 Å². The largest absolute Gasteiger partial charge is 0.352 e. The van der Waals surface area contributed by atoms with E-state index in [2.05, 4.69) is 34.3 Å². The molecule has 1 aliphatic carbocycles. The van der Waals surface area contributed by atoms with Gasteiger partial charge in [0.25, 0.3) is 0 Å². The lowest BCUT2D eigenvalue weighted by molar-refractivity contribution is -0.121. The third kappa shape index (κ3) is 4.63. The molecule has 0 bridgehead atoms. The smallest absolute Gasteiger partial charge is 0.233 e. The molecule has 1 amide bonds. The number of rotatable bonds is 5. The molecule has 3 rings (SSSR count). The summed E-state index contributed by atoms with van der Waals surface area (Å²) < 4.78 is 0. The minimum atomic E-state index is -0.212. The van der Waals surface area contributed by atoms with Crippen molar-refractivity contribution >= 4 is 17.7 Å². The van der Waals surface area contributed by atoms with Gasteiger partial charge in [-0.25, -0.2) is 4.98 Å². The molecule has 2 N–H and O–H groups in total. The maximum atomic E-state index is 12.5. The normalized spacial score (nSPS) is 21.7. The quantitative estimate of drug-likeness (QED) is 0.794. The van der Waals surface area contributed by atoms with Gasteiger partial charge in [0.05, 0.1) is 5.25 Å². The topological polar surface area (TPSA) is 70.7 Å². The molecule has 1 aromatic heterocycles. The fraction of sp³-hybridized carbons (Fsp3) is 0.526. The first kappa shape index (κ1) is 18.0. The van der Waals surface area contributed by atoms with Crippen LogP contribution < -0.4 is 5.32 Å². The predicted molar refractivity (Wildman–Crippen MR) is 101 cm³/mol. The lowest BCUT2D eigenvalue weighted by Gasteiger charge is -2.30. The van der Waals surface area contributed by atoms with Gasteiger partial charge in [-0.2, -0.15) is 0 Å². The summed E-state index contributed by atoms with van der Waals surface area (Å²) in [7, 11) is 0. The monoisotopic (exact) mass is 358 g/mol. The Morgan fingerprint density at radius 1 is 1.28 bits per heavy atom. The molecular weight excluding hydrogens is 332 g/mol. The lowest BCUT2D eigenvalue weighted by Crippen LogP contribution is -2.44. The molecule has 5 nitrogen and oxygen atoms in total. The minimum Gasteiger partial charge on any atom is -0.352 e. The lowest BCUT2D eigenvalue weighted by atomic mass is 9.86. The highest BCUT2D eigenvalue weighted by molar-refractivity contribution is 8.00. The van der Waals surface area contributed by atoms with Crippen LogP contribution in [0.25, 0.3) is 11.4 Å². The van der Waals surface area contributed by atoms with E-state index in [-0.39, 0.29) is 11.2 Å². The van der Waals surface area contributed by atoms with Crippen LogP contribution in [0, 0.1) is 12.8 Å². The first-order chi connectivity index (χ1) is 12.0. The number of carbonyl (C=O) groups is 1. The van der Waals surface area contributed by atoms with Gasteiger partial charge >= 0.3 is 0 Å². The summed E-state index contributed by atoms with van der Waals surface area (Å²) in [6, 6.07) is 8.44. The first-order valence-corrected chi connectivity index (χ1v) is 9.87. The molecule has 25 heavy (non-hydrogen) atoms. The first-order valence-electron chi connectivity index (χ1n) is 8.99. The minimum absolute atomic E-state index is 0.0745. The SMILES string of the molecule is Cc1ccc(-c2nc(S[C@H](C)C(=O)N[C@@H]3CCCC[C@@H]3C)n[nH]2)cc1. The van der Waals surface area contributed by atoms with Crippen molar-refractivity contribution in [2.45, 2.75) is 62.9 Å². The Kier molecular flexibility index (Phi) is 5.78. The Balaban J connectivity index is 1.58. The van der Waals surface area contributed by atoms with Crippen LogP contribution in [-0.4, -0.2) is 32.4 Å². The van der Waals surface area contributed by atoms with Crippen LogP contribution in [0.4, 0.5) is 0 Å². The molecule has 1 aromatic carbocycles. The van der Waals surface area contributed by atoms with Gasteiger partial charge in [0, 0.05) is 11.6 Å². The Bertz CT molecular complexity index is 712.